The Morgan fingerprint density at radius 1 is 0.441 bits per heavy atom. The van der Waals surface area contributed by atoms with Crippen LogP contribution < -0.4 is 43.4 Å². The summed E-state index contributed by atoms with van der Waals surface area (Å²) in [5, 5.41) is 16.1. The molecule has 0 bridgehead atoms. The van der Waals surface area contributed by atoms with E-state index in [1.54, 1.807) is 62.3 Å². The van der Waals surface area contributed by atoms with E-state index in [0.717, 1.165) is 0 Å². The van der Waals surface area contributed by atoms with Crippen LogP contribution in [0.15, 0.2) is 0 Å². The van der Waals surface area contributed by atoms with Gasteiger partial charge in [-0.15, -0.1) is 0 Å². The van der Waals surface area contributed by atoms with Crippen molar-refractivity contribution in [1.82, 2.24) is 31.9 Å². The summed E-state index contributed by atoms with van der Waals surface area (Å²) in [6.07, 6.45) is 2.40. The van der Waals surface area contributed by atoms with Gasteiger partial charge in [0, 0.05) is 13.1 Å². The first-order valence-corrected chi connectivity index (χ1v) is 20.7. The second kappa shape index (κ2) is 28.1. The van der Waals surface area contributed by atoms with Crippen LogP contribution in [0.5, 0.6) is 0 Å². The van der Waals surface area contributed by atoms with E-state index < -0.39 is 82.9 Å². The molecule has 19 nitrogen and oxygen atoms in total. The van der Waals surface area contributed by atoms with Crippen LogP contribution in [0.4, 0.5) is 14.4 Å². The number of methoxy groups -OCH3 is 1. The zero-order valence-corrected chi connectivity index (χ0v) is 37.3. The number of carbonyl (C=O) groups excluding carboxylic acids is 7. The highest BCUT2D eigenvalue weighted by Crippen LogP contribution is 2.13. The lowest BCUT2D eigenvalue weighted by Crippen LogP contribution is -2.58. The molecule has 6 amide bonds. The van der Waals surface area contributed by atoms with Gasteiger partial charge in [-0.1, -0.05) is 0 Å². The zero-order chi connectivity index (χ0) is 45.2. The van der Waals surface area contributed by atoms with Gasteiger partial charge in [0.15, 0.2) is 0 Å². The van der Waals surface area contributed by atoms with Gasteiger partial charge in [-0.25, -0.2) is 19.2 Å². The lowest BCUT2D eigenvalue weighted by atomic mass is 10.0. The predicted octanol–water partition coefficient (Wildman–Crippen LogP) is 3.16. The minimum absolute atomic E-state index is 0.0908. The molecular weight excluding hydrogens is 768 g/mol. The topological polar surface area (TPSA) is 281 Å². The number of rotatable bonds is 26. The number of carbonyl (C=O) groups is 7. The van der Waals surface area contributed by atoms with Crippen LogP contribution >= 0.6 is 0 Å². The van der Waals surface area contributed by atoms with Crippen molar-refractivity contribution in [2.24, 2.45) is 11.5 Å². The Morgan fingerprint density at radius 3 is 1.08 bits per heavy atom. The van der Waals surface area contributed by atoms with E-state index in [-0.39, 0.29) is 38.8 Å². The summed E-state index contributed by atoms with van der Waals surface area (Å²) >= 11 is 0. The number of ether oxygens (including phenoxy) is 4. The van der Waals surface area contributed by atoms with Gasteiger partial charge in [-0.2, -0.15) is 0 Å². The number of esters is 1. The largest absolute Gasteiger partial charge is 0.467 e. The van der Waals surface area contributed by atoms with E-state index in [1.165, 1.54) is 7.11 Å². The summed E-state index contributed by atoms with van der Waals surface area (Å²) in [6.45, 7) is 16.7. The average Bonchev–Trinajstić information content (AvgIpc) is 3.10. The van der Waals surface area contributed by atoms with Gasteiger partial charge >= 0.3 is 24.2 Å². The molecule has 0 aliphatic carbocycles. The lowest BCUT2D eigenvalue weighted by Gasteiger charge is -2.27. The highest BCUT2D eigenvalue weighted by atomic mass is 16.6. The maximum Gasteiger partial charge on any atom is 0.408 e. The second-order valence-corrected chi connectivity index (χ2v) is 17.3. The Labute approximate surface area is 351 Å². The van der Waals surface area contributed by atoms with Crippen molar-refractivity contribution in [3.05, 3.63) is 0 Å². The quantitative estimate of drug-likeness (QED) is 0.0353. The number of nitrogens with two attached hydrogens (primary N) is 2. The minimum Gasteiger partial charge on any atom is -0.467 e. The van der Waals surface area contributed by atoms with Gasteiger partial charge in [0.1, 0.15) is 41.0 Å². The second-order valence-electron chi connectivity index (χ2n) is 17.3. The monoisotopic (exact) mass is 845 g/mol. The maximum absolute atomic E-state index is 14.1. The molecule has 0 fully saturated rings. The third-order valence-corrected chi connectivity index (χ3v) is 8.15. The van der Waals surface area contributed by atoms with Gasteiger partial charge in [-0.05, 0) is 152 Å². The summed E-state index contributed by atoms with van der Waals surface area (Å²) in [4.78, 5) is 91.4. The molecule has 0 rings (SSSR count). The number of nitrogens with one attached hydrogen (secondary N) is 6. The van der Waals surface area contributed by atoms with E-state index in [4.69, 9.17) is 30.4 Å². The summed E-state index contributed by atoms with van der Waals surface area (Å²) in [5.41, 5.74) is 9.10. The third-order valence-electron chi connectivity index (χ3n) is 8.15. The maximum atomic E-state index is 14.1. The predicted molar refractivity (Wildman–Crippen MR) is 223 cm³/mol. The van der Waals surface area contributed by atoms with Crippen LogP contribution in [-0.4, -0.2) is 116 Å². The Kier molecular flexibility index (Phi) is 26.1. The highest BCUT2D eigenvalue weighted by Gasteiger charge is 2.32. The standard InChI is InChI=1S/C40H76N8O11/c1-38(2,3)57-35(53)43-25-17-13-20-27(46-33(51)29(19-11-15-23-41)48-37(55)59-40(7,8)9)31(49)45-28(21-14-18-26-44-36(54)58-39(4,5)6)32(50)47-30(34(52)56-10)22-12-16-24-42/h27-30H,11-26,41-42H2,1-10H3,(H,43,53)(H,44,54)(H,45,49)(H,46,51)(H,47,50)(H,48,55)/t27-,28-,29-,30-/m0/s1. The molecule has 10 N–H and O–H groups in total. The Morgan fingerprint density at radius 2 is 0.746 bits per heavy atom. The fraction of sp³-hybridized carbons (Fsp3) is 0.825. The molecule has 59 heavy (non-hydrogen) atoms. The average molecular weight is 845 g/mol. The first kappa shape index (κ1) is 54.6. The van der Waals surface area contributed by atoms with Gasteiger partial charge < -0.3 is 62.3 Å². The van der Waals surface area contributed by atoms with Crippen LogP contribution in [0.3, 0.4) is 0 Å². The van der Waals surface area contributed by atoms with Gasteiger partial charge in [0.2, 0.25) is 17.7 Å². The normalized spacial score (nSPS) is 13.7. The van der Waals surface area contributed by atoms with E-state index in [9.17, 15) is 33.6 Å². The molecule has 0 heterocycles. The third kappa shape index (κ3) is 28.6. The molecule has 0 aromatic rings. The molecule has 0 saturated carbocycles. The lowest BCUT2D eigenvalue weighted by molar-refractivity contribution is -0.145. The van der Waals surface area contributed by atoms with E-state index in [0.29, 0.717) is 64.5 Å². The molecule has 0 spiro atoms. The highest BCUT2D eigenvalue weighted by molar-refractivity contribution is 5.94. The van der Waals surface area contributed by atoms with Crippen molar-refractivity contribution in [2.45, 2.75) is 180 Å². The van der Waals surface area contributed by atoms with Crippen molar-refractivity contribution in [3.8, 4) is 0 Å². The minimum atomic E-state index is -1.19. The fourth-order valence-corrected chi connectivity index (χ4v) is 5.41. The molecule has 4 atom stereocenters. The summed E-state index contributed by atoms with van der Waals surface area (Å²) in [7, 11) is 1.21. The van der Waals surface area contributed by atoms with Crippen LogP contribution in [0.1, 0.15) is 139 Å². The van der Waals surface area contributed by atoms with Crippen LogP contribution in [0.2, 0.25) is 0 Å². The van der Waals surface area contributed by atoms with Crippen molar-refractivity contribution in [1.29, 1.82) is 0 Å². The summed E-state index contributed by atoms with van der Waals surface area (Å²) in [5.74, 6) is -2.66. The Balaban J connectivity index is 6.37. The van der Waals surface area contributed by atoms with Crippen molar-refractivity contribution >= 4 is 42.0 Å². The molecule has 0 aliphatic rings. The van der Waals surface area contributed by atoms with E-state index >= 15 is 0 Å². The van der Waals surface area contributed by atoms with Gasteiger partial charge in [0.05, 0.1) is 7.11 Å². The van der Waals surface area contributed by atoms with E-state index in [1.807, 2.05) is 0 Å². The van der Waals surface area contributed by atoms with Gasteiger partial charge in [0.25, 0.3) is 0 Å². The molecule has 342 valence electrons. The molecule has 0 saturated heterocycles. The molecule has 0 aromatic carbocycles. The molecule has 0 unspecified atom stereocenters. The number of hydrogen-bond donors (Lipinski definition) is 8. The molecule has 19 heteroatoms. The van der Waals surface area contributed by atoms with Gasteiger partial charge in [-0.3, -0.25) is 14.4 Å². The molecule has 0 radical (unpaired) electrons. The van der Waals surface area contributed by atoms with Crippen molar-refractivity contribution in [2.75, 3.05) is 33.3 Å². The van der Waals surface area contributed by atoms with Crippen molar-refractivity contribution < 1.29 is 52.5 Å². The molecule has 0 aliphatic heterocycles. The van der Waals surface area contributed by atoms with Crippen LogP contribution in [0, 0.1) is 0 Å². The Hall–Kier alpha value is -4.39. The first-order valence-electron chi connectivity index (χ1n) is 20.7. The first-order chi connectivity index (χ1) is 27.4. The van der Waals surface area contributed by atoms with Crippen LogP contribution in [0.25, 0.3) is 0 Å². The Bertz CT molecular complexity index is 1310. The smallest absolute Gasteiger partial charge is 0.408 e. The summed E-state index contributed by atoms with van der Waals surface area (Å²) < 4.78 is 20.9. The molecule has 0 aromatic heterocycles. The zero-order valence-electron chi connectivity index (χ0n) is 37.3. The molecular formula is C40H76N8O11. The van der Waals surface area contributed by atoms with E-state index in [2.05, 4.69) is 31.9 Å². The summed E-state index contributed by atoms with van der Waals surface area (Å²) in [6, 6.07) is -4.44. The number of amides is 6. The number of alkyl carbamates (subject to hydrolysis) is 3. The fourth-order valence-electron chi connectivity index (χ4n) is 5.41. The number of unbranched alkanes of at least 4 members (excludes halogenated alkanes) is 4. The van der Waals surface area contributed by atoms with Crippen molar-refractivity contribution in [3.63, 3.8) is 0 Å². The SMILES string of the molecule is COC(=O)[C@H](CCCCN)NC(=O)[C@H](CCCCNC(=O)OC(C)(C)C)NC(=O)[C@H](CCCCNC(=O)OC(C)(C)C)NC(=O)[C@H](CCCCN)NC(=O)OC(C)(C)C. The van der Waals surface area contributed by atoms with Crippen LogP contribution in [-0.2, 0) is 38.1 Å². The number of hydrogen-bond acceptors (Lipinski definition) is 13.